The van der Waals surface area contributed by atoms with Crippen LogP contribution in [0.25, 0.3) is 0 Å². The van der Waals surface area contributed by atoms with Gasteiger partial charge in [-0.25, -0.2) is 0 Å². The maximum Gasteiger partial charge on any atom is 0.191 e. The Bertz CT molecular complexity index is 655. The lowest BCUT2D eigenvalue weighted by Gasteiger charge is -2.44. The van der Waals surface area contributed by atoms with Crippen LogP contribution in [0.3, 0.4) is 0 Å². The fourth-order valence-corrected chi connectivity index (χ4v) is 4.90. The van der Waals surface area contributed by atoms with E-state index in [0.717, 1.165) is 25.7 Å². The normalized spacial score (nSPS) is 36.3. The second kappa shape index (κ2) is 7.32. The number of Topliss-reactive ketones (excluding diaryl/α,β-unsaturated/α-hetero) is 1. The summed E-state index contributed by atoms with van der Waals surface area (Å²) in [4.78, 5) is 12.7. The van der Waals surface area contributed by atoms with Crippen LogP contribution in [-0.2, 0) is 14.3 Å². The van der Waals surface area contributed by atoms with Crippen LogP contribution in [0.2, 0.25) is 0 Å². The van der Waals surface area contributed by atoms with Crippen molar-refractivity contribution >= 4 is 5.78 Å². The Hall–Kier alpha value is -1.39. The second-order valence-electron chi connectivity index (χ2n) is 8.53. The number of ketones is 1. The molecule has 1 N–H and O–H groups in total. The maximum absolute atomic E-state index is 12.7. The number of carbonyl (C=O) groups excluding carboxylic acids is 1. The first-order valence-electron chi connectivity index (χ1n) is 9.75. The van der Waals surface area contributed by atoms with Gasteiger partial charge < -0.3 is 14.6 Å². The average molecular weight is 360 g/mol. The van der Waals surface area contributed by atoms with Crippen molar-refractivity contribution in [3.05, 3.63) is 35.1 Å². The van der Waals surface area contributed by atoms with Crippen LogP contribution in [0.4, 0.5) is 0 Å². The Labute approximate surface area is 156 Å². The van der Waals surface area contributed by atoms with E-state index in [0.29, 0.717) is 23.7 Å². The monoisotopic (exact) mass is 360 g/mol. The van der Waals surface area contributed by atoms with Gasteiger partial charge in [0, 0.05) is 25.0 Å². The lowest BCUT2D eigenvalue weighted by Crippen LogP contribution is -2.47. The number of fused-ring (bicyclic) bond motifs is 1. The summed E-state index contributed by atoms with van der Waals surface area (Å²) in [7, 11) is 1.53. The Morgan fingerprint density at radius 2 is 2.19 bits per heavy atom. The third-order valence-electron chi connectivity index (χ3n) is 6.44. The first-order valence-corrected chi connectivity index (χ1v) is 9.75. The number of aliphatic hydroxyl groups excluding tert-OH is 1. The van der Waals surface area contributed by atoms with Crippen LogP contribution >= 0.6 is 0 Å². The largest absolute Gasteiger partial charge is 0.488 e. The molecule has 1 saturated carbocycles. The summed E-state index contributed by atoms with van der Waals surface area (Å²) in [5.74, 6) is 1.09. The Balaban J connectivity index is 1.80. The highest BCUT2D eigenvalue weighted by molar-refractivity contribution is 6.00. The first kappa shape index (κ1) is 19.4. The predicted molar refractivity (Wildman–Crippen MR) is 102 cm³/mol. The van der Waals surface area contributed by atoms with Gasteiger partial charge in [-0.15, -0.1) is 0 Å². The Morgan fingerprint density at radius 1 is 1.46 bits per heavy atom. The number of hydrogen-bond acceptors (Lipinski definition) is 4. The van der Waals surface area contributed by atoms with Crippen LogP contribution < -0.4 is 0 Å². The zero-order valence-electron chi connectivity index (χ0n) is 16.5. The molecule has 0 aromatic heterocycles. The minimum Gasteiger partial charge on any atom is -0.488 e. The molecule has 2 aliphatic carbocycles. The van der Waals surface area contributed by atoms with Crippen molar-refractivity contribution in [2.45, 2.75) is 77.1 Å². The molecule has 4 nitrogen and oxygen atoms in total. The van der Waals surface area contributed by atoms with Crippen LogP contribution in [-0.4, -0.2) is 35.8 Å². The number of aliphatic hydroxyl groups is 1. The summed E-state index contributed by atoms with van der Waals surface area (Å²) < 4.78 is 11.6. The van der Waals surface area contributed by atoms with Crippen molar-refractivity contribution in [1.29, 1.82) is 0 Å². The lowest BCUT2D eigenvalue weighted by atomic mass is 9.73. The molecule has 144 valence electrons. The molecule has 0 aromatic rings. The first-order chi connectivity index (χ1) is 12.3. The van der Waals surface area contributed by atoms with Crippen molar-refractivity contribution in [2.24, 2.45) is 11.8 Å². The van der Waals surface area contributed by atoms with E-state index in [-0.39, 0.29) is 23.7 Å². The zero-order valence-corrected chi connectivity index (χ0v) is 16.5. The molecule has 0 unspecified atom stereocenters. The molecule has 3 rings (SSSR count). The van der Waals surface area contributed by atoms with Gasteiger partial charge >= 0.3 is 0 Å². The molecular formula is C22H32O4. The van der Waals surface area contributed by atoms with E-state index in [2.05, 4.69) is 33.4 Å². The van der Waals surface area contributed by atoms with Gasteiger partial charge in [0.25, 0.3) is 0 Å². The molecule has 0 radical (unpaired) electrons. The fraction of sp³-hybridized carbons (Fsp3) is 0.682. The predicted octanol–water partition coefficient (Wildman–Crippen LogP) is 4.10. The van der Waals surface area contributed by atoms with Gasteiger partial charge in [0.1, 0.15) is 23.6 Å². The molecule has 4 heteroatoms. The van der Waals surface area contributed by atoms with Crippen LogP contribution in [0.1, 0.15) is 59.3 Å². The molecule has 1 aliphatic heterocycles. The van der Waals surface area contributed by atoms with Crippen molar-refractivity contribution in [2.75, 3.05) is 7.11 Å². The van der Waals surface area contributed by atoms with E-state index < -0.39 is 12.2 Å². The van der Waals surface area contributed by atoms with Gasteiger partial charge in [0.2, 0.25) is 0 Å². The Kier molecular flexibility index (Phi) is 5.45. The van der Waals surface area contributed by atoms with Crippen molar-refractivity contribution in [3.8, 4) is 0 Å². The molecule has 5 atom stereocenters. The molecule has 0 bridgehead atoms. The SMILES string of the molecule is C=C(CCC=C(C)C)[C@@H]1CC[C@@]2(C)OC3=C(C[C@@H]12)C(=O)[C@@H](OC)C[C@H]3O. The molecule has 0 saturated heterocycles. The third kappa shape index (κ3) is 3.41. The summed E-state index contributed by atoms with van der Waals surface area (Å²) in [6, 6.07) is 0. The highest BCUT2D eigenvalue weighted by atomic mass is 16.5. The van der Waals surface area contributed by atoms with Gasteiger partial charge in [-0.1, -0.05) is 23.8 Å². The van der Waals surface area contributed by atoms with E-state index in [4.69, 9.17) is 9.47 Å². The van der Waals surface area contributed by atoms with Crippen LogP contribution in [0, 0.1) is 11.8 Å². The number of carbonyl (C=O) groups is 1. The van der Waals surface area contributed by atoms with Gasteiger partial charge in [-0.05, 0) is 58.8 Å². The van der Waals surface area contributed by atoms with Gasteiger partial charge in [-0.3, -0.25) is 4.79 Å². The topological polar surface area (TPSA) is 55.8 Å². The zero-order chi connectivity index (χ0) is 19.1. The molecule has 1 fully saturated rings. The van der Waals surface area contributed by atoms with Gasteiger partial charge in [0.05, 0.1) is 0 Å². The highest BCUT2D eigenvalue weighted by Crippen LogP contribution is 2.54. The molecular weight excluding hydrogens is 328 g/mol. The number of ether oxygens (including phenoxy) is 2. The quantitative estimate of drug-likeness (QED) is 0.750. The number of hydrogen-bond donors (Lipinski definition) is 1. The minimum atomic E-state index is -0.745. The molecule has 0 spiro atoms. The van der Waals surface area contributed by atoms with E-state index in [9.17, 15) is 9.90 Å². The molecule has 3 aliphatic rings. The van der Waals surface area contributed by atoms with E-state index in [1.165, 1.54) is 18.3 Å². The minimum absolute atomic E-state index is 0.0179. The summed E-state index contributed by atoms with van der Waals surface area (Å²) in [6.07, 6.45) is 5.86. The van der Waals surface area contributed by atoms with Crippen molar-refractivity contribution < 1.29 is 19.4 Å². The van der Waals surface area contributed by atoms with Crippen molar-refractivity contribution in [1.82, 2.24) is 0 Å². The smallest absolute Gasteiger partial charge is 0.191 e. The van der Waals surface area contributed by atoms with Crippen LogP contribution in [0.5, 0.6) is 0 Å². The lowest BCUT2D eigenvalue weighted by molar-refractivity contribution is -0.135. The average Bonchev–Trinajstić information content (AvgIpc) is 2.92. The summed E-state index contributed by atoms with van der Waals surface area (Å²) >= 11 is 0. The van der Waals surface area contributed by atoms with Crippen molar-refractivity contribution in [3.63, 3.8) is 0 Å². The van der Waals surface area contributed by atoms with Gasteiger partial charge in [-0.2, -0.15) is 0 Å². The van der Waals surface area contributed by atoms with Crippen LogP contribution in [0.15, 0.2) is 35.1 Å². The number of allylic oxidation sites excluding steroid dienone is 3. The van der Waals surface area contributed by atoms with E-state index in [1.807, 2.05) is 0 Å². The Morgan fingerprint density at radius 3 is 2.85 bits per heavy atom. The number of rotatable bonds is 5. The van der Waals surface area contributed by atoms with E-state index in [1.54, 1.807) is 0 Å². The molecule has 0 aromatic carbocycles. The second-order valence-corrected chi connectivity index (χ2v) is 8.53. The maximum atomic E-state index is 12.7. The summed E-state index contributed by atoms with van der Waals surface area (Å²) in [6.45, 7) is 10.7. The molecule has 1 heterocycles. The summed E-state index contributed by atoms with van der Waals surface area (Å²) in [5, 5.41) is 10.5. The molecule has 0 amide bonds. The van der Waals surface area contributed by atoms with Gasteiger partial charge in [0.15, 0.2) is 5.78 Å². The third-order valence-corrected chi connectivity index (χ3v) is 6.44. The molecule has 26 heavy (non-hydrogen) atoms. The summed E-state index contributed by atoms with van der Waals surface area (Å²) in [5.41, 5.74) is 2.92. The number of methoxy groups -OCH3 is 1. The standard InChI is InChI=1S/C22H32O4/c1-13(2)7-6-8-14(3)15-9-10-22(4)17(15)11-16-20(24)19(25-5)12-18(23)21(16)26-22/h7,15,17-19,23H,3,6,8-12H2,1-2,4-5H3/t15-,17-,18+,19-,22+/m0/s1. The van der Waals surface area contributed by atoms with E-state index >= 15 is 0 Å². The fourth-order valence-electron chi connectivity index (χ4n) is 4.90. The highest BCUT2D eigenvalue weighted by Gasteiger charge is 2.54.